The molecule has 134 valence electrons. The Morgan fingerprint density at radius 1 is 1.23 bits per heavy atom. The summed E-state index contributed by atoms with van der Waals surface area (Å²) in [5.74, 6) is 6.42. The number of para-hydroxylation sites is 1. The molecule has 3 N–H and O–H groups in total. The second kappa shape index (κ2) is 7.99. The minimum Gasteiger partial charge on any atom is -0.335 e. The summed E-state index contributed by atoms with van der Waals surface area (Å²) >= 11 is 13.4. The number of aromatic nitrogens is 3. The molecule has 26 heavy (non-hydrogen) atoms. The van der Waals surface area contributed by atoms with Crippen molar-refractivity contribution in [3.05, 3.63) is 58.1 Å². The van der Waals surface area contributed by atoms with Gasteiger partial charge in [0.15, 0.2) is 5.82 Å². The number of rotatable bonds is 5. The van der Waals surface area contributed by atoms with Crippen LogP contribution in [0.2, 0.25) is 10.0 Å². The topological polar surface area (TPSA) is 85.8 Å². The zero-order valence-electron chi connectivity index (χ0n) is 13.7. The first-order valence-corrected chi connectivity index (χ1v) is 9.34. The third kappa shape index (κ3) is 4.12. The summed E-state index contributed by atoms with van der Waals surface area (Å²) in [6, 6.07) is 12.6. The SMILES string of the molecule is Cc1ccccc1NC(=O)CSc1nnc(-c2cc(Cl)ccc2Cl)n1N. The van der Waals surface area contributed by atoms with Crippen LogP contribution in [0.5, 0.6) is 0 Å². The lowest BCUT2D eigenvalue weighted by molar-refractivity contribution is -0.113. The molecule has 0 saturated heterocycles. The van der Waals surface area contributed by atoms with Crippen LogP contribution in [0.25, 0.3) is 11.4 Å². The Morgan fingerprint density at radius 3 is 2.77 bits per heavy atom. The van der Waals surface area contributed by atoms with Crippen molar-refractivity contribution in [1.29, 1.82) is 0 Å². The van der Waals surface area contributed by atoms with E-state index >= 15 is 0 Å². The fourth-order valence-electron chi connectivity index (χ4n) is 2.26. The van der Waals surface area contributed by atoms with Crippen LogP contribution in [-0.4, -0.2) is 26.5 Å². The average Bonchev–Trinajstić information content (AvgIpc) is 2.98. The molecule has 0 bridgehead atoms. The highest BCUT2D eigenvalue weighted by Crippen LogP contribution is 2.30. The van der Waals surface area contributed by atoms with Gasteiger partial charge in [-0.15, -0.1) is 10.2 Å². The van der Waals surface area contributed by atoms with Gasteiger partial charge in [0.1, 0.15) is 0 Å². The summed E-state index contributed by atoms with van der Waals surface area (Å²) in [5, 5.41) is 12.3. The number of thioether (sulfide) groups is 1. The first kappa shape index (κ1) is 18.6. The lowest BCUT2D eigenvalue weighted by atomic mass is 10.2. The number of nitrogens with one attached hydrogen (secondary N) is 1. The van der Waals surface area contributed by atoms with Crippen LogP contribution in [0.3, 0.4) is 0 Å². The zero-order chi connectivity index (χ0) is 18.7. The summed E-state index contributed by atoms with van der Waals surface area (Å²) in [4.78, 5) is 12.2. The highest BCUT2D eigenvalue weighted by atomic mass is 35.5. The van der Waals surface area contributed by atoms with Crippen molar-refractivity contribution in [3.63, 3.8) is 0 Å². The maximum Gasteiger partial charge on any atom is 0.234 e. The Bertz CT molecular complexity index is 960. The van der Waals surface area contributed by atoms with Gasteiger partial charge in [-0.2, -0.15) is 0 Å². The standard InChI is InChI=1S/C17H15Cl2N5OS/c1-10-4-2-3-5-14(10)21-15(25)9-26-17-23-22-16(24(17)20)12-8-11(18)6-7-13(12)19/h2-8H,9,20H2,1H3,(H,21,25). The number of halogens is 2. The van der Waals surface area contributed by atoms with E-state index in [-0.39, 0.29) is 11.7 Å². The van der Waals surface area contributed by atoms with E-state index in [4.69, 9.17) is 29.0 Å². The number of amides is 1. The number of nitrogens with zero attached hydrogens (tertiary/aromatic N) is 3. The molecule has 0 unspecified atom stereocenters. The van der Waals surface area contributed by atoms with Crippen LogP contribution in [-0.2, 0) is 4.79 Å². The van der Waals surface area contributed by atoms with Gasteiger partial charge >= 0.3 is 0 Å². The van der Waals surface area contributed by atoms with Crippen molar-refractivity contribution >= 4 is 46.6 Å². The smallest absolute Gasteiger partial charge is 0.234 e. The third-order valence-electron chi connectivity index (χ3n) is 3.59. The van der Waals surface area contributed by atoms with E-state index in [1.54, 1.807) is 18.2 Å². The van der Waals surface area contributed by atoms with E-state index in [1.165, 1.54) is 16.4 Å². The molecule has 0 fully saturated rings. The average molecular weight is 408 g/mol. The fraction of sp³-hybridized carbons (Fsp3) is 0.118. The molecule has 0 aliphatic carbocycles. The lowest BCUT2D eigenvalue weighted by Crippen LogP contribution is -2.17. The molecule has 1 amide bonds. The largest absolute Gasteiger partial charge is 0.335 e. The van der Waals surface area contributed by atoms with E-state index < -0.39 is 0 Å². The molecule has 1 aromatic heterocycles. The molecule has 0 spiro atoms. The predicted molar refractivity (Wildman–Crippen MR) is 106 cm³/mol. The van der Waals surface area contributed by atoms with Crippen LogP contribution in [0.4, 0.5) is 5.69 Å². The van der Waals surface area contributed by atoms with Gasteiger partial charge in [-0.25, -0.2) is 4.68 Å². The molecule has 3 rings (SSSR count). The predicted octanol–water partition coefficient (Wildman–Crippen LogP) is 4.00. The van der Waals surface area contributed by atoms with E-state index in [9.17, 15) is 4.79 Å². The monoisotopic (exact) mass is 407 g/mol. The Hall–Kier alpha value is -2.22. The summed E-state index contributed by atoms with van der Waals surface area (Å²) in [7, 11) is 0. The number of hydrogen-bond donors (Lipinski definition) is 2. The van der Waals surface area contributed by atoms with Gasteiger partial charge in [0.05, 0.1) is 10.8 Å². The van der Waals surface area contributed by atoms with Crippen molar-refractivity contribution < 1.29 is 4.79 Å². The maximum absolute atomic E-state index is 12.2. The highest BCUT2D eigenvalue weighted by molar-refractivity contribution is 7.99. The molecule has 0 atom stereocenters. The van der Waals surface area contributed by atoms with Gasteiger partial charge < -0.3 is 11.2 Å². The van der Waals surface area contributed by atoms with Crippen molar-refractivity contribution in [2.24, 2.45) is 0 Å². The molecule has 0 radical (unpaired) electrons. The normalized spacial score (nSPS) is 10.7. The Balaban J connectivity index is 1.70. The second-order valence-electron chi connectivity index (χ2n) is 5.45. The lowest BCUT2D eigenvalue weighted by Gasteiger charge is -2.08. The molecular formula is C17H15Cl2N5OS. The molecule has 0 aliphatic heterocycles. The molecule has 9 heteroatoms. The van der Waals surface area contributed by atoms with Crippen LogP contribution in [0.1, 0.15) is 5.56 Å². The summed E-state index contributed by atoms with van der Waals surface area (Å²) in [6.07, 6.45) is 0. The van der Waals surface area contributed by atoms with Gasteiger partial charge in [0.25, 0.3) is 0 Å². The van der Waals surface area contributed by atoms with Crippen molar-refractivity contribution in [3.8, 4) is 11.4 Å². The number of nitrogen functional groups attached to an aromatic ring is 1. The maximum atomic E-state index is 12.2. The van der Waals surface area contributed by atoms with E-state index in [0.717, 1.165) is 11.3 Å². The molecular weight excluding hydrogens is 393 g/mol. The minimum atomic E-state index is -0.158. The molecule has 0 aliphatic rings. The Kier molecular flexibility index (Phi) is 5.70. The van der Waals surface area contributed by atoms with E-state index in [1.807, 2.05) is 31.2 Å². The van der Waals surface area contributed by atoms with Crippen LogP contribution in [0, 0.1) is 6.92 Å². The first-order valence-electron chi connectivity index (χ1n) is 7.60. The number of anilines is 1. The highest BCUT2D eigenvalue weighted by Gasteiger charge is 2.16. The van der Waals surface area contributed by atoms with E-state index in [0.29, 0.717) is 26.6 Å². The molecule has 6 nitrogen and oxygen atoms in total. The molecule has 2 aromatic carbocycles. The quantitative estimate of drug-likeness (QED) is 0.492. The number of benzene rings is 2. The Morgan fingerprint density at radius 2 is 2.00 bits per heavy atom. The van der Waals surface area contributed by atoms with Gasteiger partial charge in [-0.1, -0.05) is 53.2 Å². The first-order chi connectivity index (χ1) is 12.5. The van der Waals surface area contributed by atoms with Crippen molar-refractivity contribution in [2.75, 3.05) is 16.9 Å². The fourth-order valence-corrected chi connectivity index (χ4v) is 3.29. The summed E-state index contributed by atoms with van der Waals surface area (Å²) < 4.78 is 1.29. The van der Waals surface area contributed by atoms with Gasteiger partial charge in [0, 0.05) is 16.3 Å². The molecule has 0 saturated carbocycles. The van der Waals surface area contributed by atoms with E-state index in [2.05, 4.69) is 15.5 Å². The Labute approximate surface area is 164 Å². The zero-order valence-corrected chi connectivity index (χ0v) is 16.1. The van der Waals surface area contributed by atoms with Gasteiger partial charge in [-0.3, -0.25) is 4.79 Å². The summed E-state index contributed by atoms with van der Waals surface area (Å²) in [6.45, 7) is 1.93. The number of carbonyl (C=O) groups excluding carboxylic acids is 1. The summed E-state index contributed by atoms with van der Waals surface area (Å²) in [5.41, 5.74) is 2.34. The minimum absolute atomic E-state index is 0.146. The number of hydrogen-bond acceptors (Lipinski definition) is 5. The van der Waals surface area contributed by atoms with Crippen molar-refractivity contribution in [2.45, 2.75) is 12.1 Å². The van der Waals surface area contributed by atoms with Crippen LogP contribution < -0.4 is 11.2 Å². The third-order valence-corrected chi connectivity index (χ3v) is 5.09. The number of nitrogens with two attached hydrogens (primary N) is 1. The molecule has 3 aromatic rings. The van der Waals surface area contributed by atoms with Crippen LogP contribution >= 0.6 is 35.0 Å². The number of aryl methyl sites for hydroxylation is 1. The number of carbonyl (C=O) groups is 1. The second-order valence-corrected chi connectivity index (χ2v) is 7.24. The van der Waals surface area contributed by atoms with Gasteiger partial charge in [0.2, 0.25) is 11.1 Å². The van der Waals surface area contributed by atoms with Gasteiger partial charge in [-0.05, 0) is 36.8 Å². The van der Waals surface area contributed by atoms with Crippen molar-refractivity contribution in [1.82, 2.24) is 14.9 Å². The molecule has 1 heterocycles. The van der Waals surface area contributed by atoms with Crippen LogP contribution in [0.15, 0.2) is 47.6 Å².